The minimum Gasteiger partial charge on any atom is -0.480 e. The molecule has 0 spiro atoms. The lowest BCUT2D eigenvalue weighted by Crippen LogP contribution is -2.42. The number of carbonyl (C=O) groups is 2. The number of para-hydroxylation sites is 1. The third-order valence-corrected chi connectivity index (χ3v) is 4.26. The Balaban J connectivity index is 1.57. The number of ether oxygens (including phenoxy) is 1. The van der Waals surface area contributed by atoms with Crippen molar-refractivity contribution in [3.8, 4) is 0 Å². The molecule has 6 nitrogen and oxygen atoms in total. The number of carboxylic acids is 1. The van der Waals surface area contributed by atoms with Crippen LogP contribution in [0.25, 0.3) is 0 Å². The highest BCUT2D eigenvalue weighted by atomic mass is 16.5. The maximum absolute atomic E-state index is 11.9. The van der Waals surface area contributed by atoms with E-state index in [1.165, 1.54) is 0 Å². The lowest BCUT2D eigenvalue weighted by Gasteiger charge is -2.18. The van der Waals surface area contributed by atoms with Gasteiger partial charge in [-0.05, 0) is 23.6 Å². The number of aliphatic carboxylic acids is 1. The number of carboxylic acid groups (broad SMARTS) is 1. The summed E-state index contributed by atoms with van der Waals surface area (Å²) in [5.74, 6) is -1.03. The van der Waals surface area contributed by atoms with Crippen LogP contribution in [-0.2, 0) is 16.1 Å². The Kier molecular flexibility index (Phi) is 5.18. The van der Waals surface area contributed by atoms with E-state index in [0.717, 1.165) is 16.8 Å². The number of hydrogen-bond donors (Lipinski definition) is 3. The van der Waals surface area contributed by atoms with Crippen molar-refractivity contribution in [2.24, 2.45) is 0 Å². The molecule has 0 bridgehead atoms. The summed E-state index contributed by atoms with van der Waals surface area (Å²) in [6, 6.07) is 16.0. The van der Waals surface area contributed by atoms with Gasteiger partial charge in [0.05, 0.1) is 0 Å². The molecule has 0 saturated carbocycles. The van der Waals surface area contributed by atoms with Gasteiger partial charge in [0.15, 0.2) is 0 Å². The SMILES string of the molecule is O=C(N[C@@H](CC1CNc2ccccc21)C(=O)O)OCc1ccccc1. The Morgan fingerprint density at radius 3 is 2.64 bits per heavy atom. The molecule has 2 aromatic rings. The zero-order valence-electron chi connectivity index (χ0n) is 13.6. The lowest BCUT2D eigenvalue weighted by molar-refractivity contribution is -0.139. The maximum atomic E-state index is 11.9. The third-order valence-electron chi connectivity index (χ3n) is 4.26. The van der Waals surface area contributed by atoms with Crippen LogP contribution in [0, 0.1) is 0 Å². The van der Waals surface area contributed by atoms with Gasteiger partial charge < -0.3 is 20.5 Å². The van der Waals surface area contributed by atoms with E-state index in [2.05, 4.69) is 10.6 Å². The highest BCUT2D eigenvalue weighted by Crippen LogP contribution is 2.33. The molecule has 6 heteroatoms. The van der Waals surface area contributed by atoms with Crippen molar-refractivity contribution in [3.05, 3.63) is 65.7 Å². The Bertz CT molecular complexity index is 748. The number of benzene rings is 2. The molecular formula is C19H20N2O4. The van der Waals surface area contributed by atoms with Crippen LogP contribution in [0.4, 0.5) is 10.5 Å². The maximum Gasteiger partial charge on any atom is 0.408 e. The summed E-state index contributed by atoms with van der Waals surface area (Å²) >= 11 is 0. The van der Waals surface area contributed by atoms with Gasteiger partial charge in [0.1, 0.15) is 12.6 Å². The molecule has 25 heavy (non-hydrogen) atoms. The van der Waals surface area contributed by atoms with E-state index >= 15 is 0 Å². The second-order valence-electron chi connectivity index (χ2n) is 6.00. The zero-order chi connectivity index (χ0) is 17.6. The van der Waals surface area contributed by atoms with E-state index < -0.39 is 18.1 Å². The van der Waals surface area contributed by atoms with Gasteiger partial charge >= 0.3 is 12.1 Å². The summed E-state index contributed by atoms with van der Waals surface area (Å²) < 4.78 is 5.11. The largest absolute Gasteiger partial charge is 0.480 e. The van der Waals surface area contributed by atoms with Gasteiger partial charge in [-0.1, -0.05) is 48.5 Å². The molecule has 0 fully saturated rings. The molecule has 0 aliphatic carbocycles. The molecule has 1 aliphatic heterocycles. The Labute approximate surface area is 145 Å². The highest BCUT2D eigenvalue weighted by molar-refractivity contribution is 5.80. The molecule has 1 heterocycles. The predicted octanol–water partition coefficient (Wildman–Crippen LogP) is 2.97. The van der Waals surface area contributed by atoms with Gasteiger partial charge in [-0.15, -0.1) is 0 Å². The van der Waals surface area contributed by atoms with Crippen LogP contribution >= 0.6 is 0 Å². The number of fused-ring (bicyclic) bond motifs is 1. The topological polar surface area (TPSA) is 87.7 Å². The van der Waals surface area contributed by atoms with Gasteiger partial charge in [-0.2, -0.15) is 0 Å². The molecule has 2 atom stereocenters. The van der Waals surface area contributed by atoms with E-state index in [1.807, 2.05) is 54.6 Å². The van der Waals surface area contributed by atoms with Crippen LogP contribution in [0.2, 0.25) is 0 Å². The average Bonchev–Trinajstić information content (AvgIpc) is 3.03. The quantitative estimate of drug-likeness (QED) is 0.752. The average molecular weight is 340 g/mol. The molecule has 1 amide bonds. The number of carbonyl (C=O) groups excluding carboxylic acids is 1. The predicted molar refractivity (Wildman–Crippen MR) is 93.5 cm³/mol. The first-order valence-electron chi connectivity index (χ1n) is 8.16. The minimum atomic E-state index is -1.07. The van der Waals surface area contributed by atoms with Crippen LogP contribution in [0.5, 0.6) is 0 Å². The number of hydrogen-bond acceptors (Lipinski definition) is 4. The number of nitrogens with one attached hydrogen (secondary N) is 2. The summed E-state index contributed by atoms with van der Waals surface area (Å²) in [6.07, 6.45) is -0.421. The van der Waals surface area contributed by atoms with E-state index in [-0.39, 0.29) is 12.5 Å². The van der Waals surface area contributed by atoms with Crippen molar-refractivity contribution in [1.29, 1.82) is 0 Å². The van der Waals surface area contributed by atoms with Crippen molar-refractivity contribution in [2.75, 3.05) is 11.9 Å². The van der Waals surface area contributed by atoms with Crippen molar-refractivity contribution in [2.45, 2.75) is 25.0 Å². The summed E-state index contributed by atoms with van der Waals surface area (Å²) in [6.45, 7) is 0.761. The van der Waals surface area contributed by atoms with E-state index in [9.17, 15) is 14.7 Å². The van der Waals surface area contributed by atoms with Crippen molar-refractivity contribution >= 4 is 17.7 Å². The molecule has 2 aromatic carbocycles. The number of alkyl carbamates (subject to hydrolysis) is 1. The van der Waals surface area contributed by atoms with Gasteiger partial charge in [-0.25, -0.2) is 9.59 Å². The summed E-state index contributed by atoms with van der Waals surface area (Å²) in [7, 11) is 0. The first-order valence-corrected chi connectivity index (χ1v) is 8.16. The number of amides is 1. The normalized spacial score (nSPS) is 16.4. The second-order valence-corrected chi connectivity index (χ2v) is 6.00. The Hall–Kier alpha value is -3.02. The number of anilines is 1. The minimum absolute atomic E-state index is 0.0340. The molecule has 0 aromatic heterocycles. The molecule has 0 radical (unpaired) electrons. The van der Waals surface area contributed by atoms with Crippen LogP contribution in [0.1, 0.15) is 23.5 Å². The van der Waals surface area contributed by atoms with E-state index in [1.54, 1.807) is 0 Å². The summed E-state index contributed by atoms with van der Waals surface area (Å²) in [5, 5.41) is 15.1. The smallest absolute Gasteiger partial charge is 0.408 e. The molecular weight excluding hydrogens is 320 g/mol. The van der Waals surface area contributed by atoms with Gasteiger partial charge in [0.25, 0.3) is 0 Å². The second kappa shape index (κ2) is 7.70. The van der Waals surface area contributed by atoms with Crippen LogP contribution in [-0.4, -0.2) is 29.8 Å². The van der Waals surface area contributed by atoms with Crippen LogP contribution in [0.3, 0.4) is 0 Å². The van der Waals surface area contributed by atoms with Crippen molar-refractivity contribution < 1.29 is 19.4 Å². The third kappa shape index (κ3) is 4.29. The van der Waals surface area contributed by atoms with E-state index in [0.29, 0.717) is 13.0 Å². The first-order chi connectivity index (χ1) is 12.1. The summed E-state index contributed by atoms with van der Waals surface area (Å²) in [5.41, 5.74) is 2.94. The van der Waals surface area contributed by atoms with Gasteiger partial charge in [-0.3, -0.25) is 0 Å². The van der Waals surface area contributed by atoms with Gasteiger partial charge in [0, 0.05) is 18.2 Å². The molecule has 3 rings (SSSR count). The standard InChI is InChI=1S/C19H20N2O4/c22-18(23)17(10-14-11-20-16-9-5-4-8-15(14)16)21-19(24)25-12-13-6-2-1-3-7-13/h1-9,14,17,20H,10-12H2,(H,21,24)(H,22,23)/t14?,17-/m0/s1. The molecule has 130 valence electrons. The zero-order valence-corrected chi connectivity index (χ0v) is 13.6. The molecule has 3 N–H and O–H groups in total. The van der Waals surface area contributed by atoms with Crippen LogP contribution in [0.15, 0.2) is 54.6 Å². The summed E-state index contributed by atoms with van der Waals surface area (Å²) in [4.78, 5) is 23.5. The van der Waals surface area contributed by atoms with E-state index in [4.69, 9.17) is 4.74 Å². The Morgan fingerprint density at radius 2 is 1.88 bits per heavy atom. The fraction of sp³-hybridized carbons (Fsp3) is 0.263. The highest BCUT2D eigenvalue weighted by Gasteiger charge is 2.29. The van der Waals surface area contributed by atoms with Crippen LogP contribution < -0.4 is 10.6 Å². The lowest BCUT2D eigenvalue weighted by atomic mass is 9.94. The Morgan fingerprint density at radius 1 is 1.16 bits per heavy atom. The fourth-order valence-electron chi connectivity index (χ4n) is 2.98. The fourth-order valence-corrected chi connectivity index (χ4v) is 2.98. The first kappa shape index (κ1) is 16.8. The van der Waals surface area contributed by atoms with Crippen molar-refractivity contribution in [3.63, 3.8) is 0 Å². The molecule has 1 aliphatic rings. The van der Waals surface area contributed by atoms with Crippen molar-refractivity contribution in [1.82, 2.24) is 5.32 Å². The molecule has 0 saturated heterocycles. The number of rotatable bonds is 6. The monoisotopic (exact) mass is 340 g/mol. The van der Waals surface area contributed by atoms with Gasteiger partial charge in [0.2, 0.25) is 0 Å². The molecule has 1 unspecified atom stereocenters.